The molecule has 1 amide bonds. The number of carboxylic acid groups (broad SMARTS) is 1. The lowest BCUT2D eigenvalue weighted by molar-refractivity contribution is 0.0980. The Hall–Kier alpha value is -3.19. The number of nitrogens with zero attached hydrogens (tertiary/aromatic N) is 4. The topological polar surface area (TPSA) is 139 Å². The minimum absolute atomic E-state index is 0.0213. The number of likely N-dealkylation sites (tertiary alicyclic amines) is 1. The number of amides is 1. The monoisotopic (exact) mass is 601 g/mol. The summed E-state index contributed by atoms with van der Waals surface area (Å²) in [4.78, 5) is 20.5. The highest BCUT2D eigenvalue weighted by Crippen LogP contribution is 2.27. The van der Waals surface area contributed by atoms with Gasteiger partial charge in [-0.25, -0.2) is 13.2 Å². The van der Waals surface area contributed by atoms with Gasteiger partial charge in [-0.1, -0.05) is 44.2 Å². The normalized spacial score (nSPS) is 15.9. The van der Waals surface area contributed by atoms with Crippen molar-refractivity contribution in [3.05, 3.63) is 54.1 Å². The van der Waals surface area contributed by atoms with Crippen LogP contribution in [0.4, 0.5) is 10.8 Å². The van der Waals surface area contributed by atoms with Crippen molar-refractivity contribution in [2.45, 2.75) is 56.6 Å². The van der Waals surface area contributed by atoms with E-state index in [1.807, 2.05) is 56.1 Å². The molecule has 1 fully saturated rings. The molecule has 4 rings (SSSR count). The van der Waals surface area contributed by atoms with E-state index in [2.05, 4.69) is 15.2 Å². The lowest BCUT2D eigenvalue weighted by atomic mass is 10.0. The number of hydrogen-bond acceptors (Lipinski definition) is 8. The van der Waals surface area contributed by atoms with E-state index in [0.717, 1.165) is 38.2 Å². The van der Waals surface area contributed by atoms with Gasteiger partial charge < -0.3 is 29.7 Å². The molecular formula is C30H43N5O6S. The van der Waals surface area contributed by atoms with E-state index in [0.29, 0.717) is 17.1 Å². The fourth-order valence-electron chi connectivity index (χ4n) is 5.32. The van der Waals surface area contributed by atoms with Crippen LogP contribution in [0, 0.1) is 5.92 Å². The minimum Gasteiger partial charge on any atom is -0.465 e. The van der Waals surface area contributed by atoms with Crippen LogP contribution in [0.25, 0.3) is 11.1 Å². The van der Waals surface area contributed by atoms with Gasteiger partial charge in [-0.3, -0.25) is 0 Å². The molecule has 12 heteroatoms. The molecule has 1 aliphatic heterocycles. The number of oxazole rings is 1. The Balaban J connectivity index is 1.50. The van der Waals surface area contributed by atoms with Crippen molar-refractivity contribution in [2.24, 2.45) is 5.92 Å². The summed E-state index contributed by atoms with van der Waals surface area (Å²) in [5, 5.41) is 22.9. The molecule has 3 N–H and O–H groups in total. The van der Waals surface area contributed by atoms with Gasteiger partial charge >= 0.3 is 6.09 Å². The number of nitrogens with one attached hydrogen (secondary N) is 1. The van der Waals surface area contributed by atoms with Gasteiger partial charge in [0, 0.05) is 32.7 Å². The first-order valence-electron chi connectivity index (χ1n) is 14.6. The summed E-state index contributed by atoms with van der Waals surface area (Å²) < 4.78 is 34.9. The number of hydrogen-bond donors (Lipinski definition) is 3. The molecular weight excluding hydrogens is 558 g/mol. The molecule has 3 aromatic rings. The standard InChI is InChI=1S/C30H43N5O6S/c1-22(2)20-35(21-27(36)26(32-30(37)38)18-23-10-5-4-6-11-23)42(39,40)24-12-13-25-28(19-24)41-29(31-25)33(3)14-9-17-34-15-7-8-16-34/h4-6,10-13,19,22,26-27,32,36H,7-9,14-18,20-21H2,1-3H3,(H,37,38). The Bertz CT molecular complexity index is 1410. The first-order valence-corrected chi connectivity index (χ1v) is 16.0. The molecule has 42 heavy (non-hydrogen) atoms. The highest BCUT2D eigenvalue weighted by molar-refractivity contribution is 7.89. The van der Waals surface area contributed by atoms with Crippen LogP contribution in [0.2, 0.25) is 0 Å². The van der Waals surface area contributed by atoms with Gasteiger partial charge in [0.25, 0.3) is 6.01 Å². The molecule has 2 heterocycles. The van der Waals surface area contributed by atoms with Gasteiger partial charge in [0.1, 0.15) is 5.52 Å². The SMILES string of the molecule is CC(C)CN(CC(O)C(Cc1ccccc1)NC(=O)O)S(=O)(=O)c1ccc2nc(N(C)CCCN3CCCC3)oc2c1. The second-order valence-corrected chi connectivity index (χ2v) is 13.4. The van der Waals surface area contributed by atoms with Crippen LogP contribution >= 0.6 is 0 Å². The maximum Gasteiger partial charge on any atom is 0.404 e. The van der Waals surface area contributed by atoms with Crippen LogP contribution < -0.4 is 10.2 Å². The molecule has 230 valence electrons. The maximum atomic E-state index is 13.9. The van der Waals surface area contributed by atoms with Gasteiger partial charge in [-0.05, 0) is 68.9 Å². The van der Waals surface area contributed by atoms with Crippen molar-refractivity contribution in [1.82, 2.24) is 19.5 Å². The van der Waals surface area contributed by atoms with E-state index in [4.69, 9.17) is 4.42 Å². The third-order valence-corrected chi connectivity index (χ3v) is 9.34. The van der Waals surface area contributed by atoms with E-state index < -0.39 is 28.3 Å². The molecule has 2 unspecified atom stereocenters. The molecule has 0 radical (unpaired) electrons. The quantitative estimate of drug-likeness (QED) is 0.238. The number of anilines is 1. The molecule has 1 aromatic heterocycles. The molecule has 1 saturated heterocycles. The summed E-state index contributed by atoms with van der Waals surface area (Å²) >= 11 is 0. The zero-order valence-electron chi connectivity index (χ0n) is 24.6. The van der Waals surface area contributed by atoms with Gasteiger partial charge in [-0.2, -0.15) is 9.29 Å². The van der Waals surface area contributed by atoms with Crippen LogP contribution in [0.1, 0.15) is 38.7 Å². The molecule has 2 aromatic carbocycles. The number of aliphatic hydroxyl groups is 1. The van der Waals surface area contributed by atoms with Crippen LogP contribution in [-0.4, -0.2) is 97.4 Å². The molecule has 0 saturated carbocycles. The second kappa shape index (κ2) is 14.3. The second-order valence-electron chi connectivity index (χ2n) is 11.5. The summed E-state index contributed by atoms with van der Waals surface area (Å²) in [5.41, 5.74) is 1.73. The summed E-state index contributed by atoms with van der Waals surface area (Å²) in [6, 6.07) is 13.3. The number of aromatic nitrogens is 1. The maximum absolute atomic E-state index is 13.9. The summed E-state index contributed by atoms with van der Waals surface area (Å²) in [6.07, 6.45) is 1.12. The largest absolute Gasteiger partial charge is 0.465 e. The van der Waals surface area contributed by atoms with Gasteiger partial charge in [-0.15, -0.1) is 0 Å². The Kier molecular flexibility index (Phi) is 10.8. The van der Waals surface area contributed by atoms with Crippen molar-refractivity contribution in [3.63, 3.8) is 0 Å². The first kappa shape index (κ1) is 31.7. The van der Waals surface area contributed by atoms with E-state index in [-0.39, 0.29) is 30.3 Å². The van der Waals surface area contributed by atoms with Crippen molar-refractivity contribution in [3.8, 4) is 0 Å². The fourth-order valence-corrected chi connectivity index (χ4v) is 6.96. The lowest BCUT2D eigenvalue weighted by Crippen LogP contribution is -2.50. The Morgan fingerprint density at radius 2 is 1.83 bits per heavy atom. The zero-order chi connectivity index (χ0) is 30.3. The average Bonchev–Trinajstić information content (AvgIpc) is 3.62. The van der Waals surface area contributed by atoms with Crippen LogP contribution in [0.5, 0.6) is 0 Å². The summed E-state index contributed by atoms with van der Waals surface area (Å²) in [7, 11) is -2.15. The molecule has 0 bridgehead atoms. The minimum atomic E-state index is -4.06. The number of rotatable bonds is 15. The first-order chi connectivity index (χ1) is 20.0. The highest BCUT2D eigenvalue weighted by atomic mass is 32.2. The van der Waals surface area contributed by atoms with E-state index in [1.54, 1.807) is 6.07 Å². The van der Waals surface area contributed by atoms with Crippen LogP contribution in [0.3, 0.4) is 0 Å². The van der Waals surface area contributed by atoms with Crippen LogP contribution in [0.15, 0.2) is 57.8 Å². The third-order valence-electron chi connectivity index (χ3n) is 7.51. The van der Waals surface area contributed by atoms with Crippen molar-refractivity contribution in [2.75, 3.05) is 51.2 Å². The smallest absolute Gasteiger partial charge is 0.404 e. The fraction of sp³-hybridized carbons (Fsp3) is 0.533. The van der Waals surface area contributed by atoms with Gasteiger partial charge in [0.05, 0.1) is 17.0 Å². The predicted molar refractivity (Wildman–Crippen MR) is 162 cm³/mol. The van der Waals surface area contributed by atoms with Gasteiger partial charge in [0.15, 0.2) is 5.58 Å². The molecule has 0 aliphatic carbocycles. The molecule has 11 nitrogen and oxygen atoms in total. The summed E-state index contributed by atoms with van der Waals surface area (Å²) in [6.45, 7) is 7.73. The molecule has 0 spiro atoms. The number of benzene rings is 2. The molecule has 2 atom stereocenters. The van der Waals surface area contributed by atoms with Gasteiger partial charge in [0.2, 0.25) is 10.0 Å². The van der Waals surface area contributed by atoms with Crippen LogP contribution in [-0.2, 0) is 16.4 Å². The van der Waals surface area contributed by atoms with E-state index in [1.165, 1.54) is 29.3 Å². The Labute approximate surface area is 248 Å². The third kappa shape index (κ3) is 8.43. The number of fused-ring (bicyclic) bond motifs is 1. The number of carbonyl (C=O) groups is 1. The predicted octanol–water partition coefficient (Wildman–Crippen LogP) is 3.64. The van der Waals surface area contributed by atoms with E-state index >= 15 is 0 Å². The highest BCUT2D eigenvalue weighted by Gasteiger charge is 2.32. The van der Waals surface area contributed by atoms with Crippen molar-refractivity contribution >= 4 is 33.2 Å². The number of aliphatic hydroxyl groups excluding tert-OH is 1. The average molecular weight is 602 g/mol. The Morgan fingerprint density at radius 1 is 1.12 bits per heavy atom. The van der Waals surface area contributed by atoms with Crippen molar-refractivity contribution in [1.29, 1.82) is 0 Å². The number of sulfonamides is 1. The van der Waals surface area contributed by atoms with Crippen molar-refractivity contribution < 1.29 is 27.8 Å². The van der Waals surface area contributed by atoms with E-state index in [9.17, 15) is 23.4 Å². The Morgan fingerprint density at radius 3 is 2.50 bits per heavy atom. The lowest BCUT2D eigenvalue weighted by Gasteiger charge is -2.30. The zero-order valence-corrected chi connectivity index (χ0v) is 25.5. The molecule has 1 aliphatic rings. The summed E-state index contributed by atoms with van der Waals surface area (Å²) in [5.74, 6) is -0.0400.